The maximum Gasteiger partial charge on any atom is 0.608 e. The highest BCUT2D eigenvalue weighted by atomic mass is 16.4. The van der Waals surface area contributed by atoms with Gasteiger partial charge in [-0.25, -0.2) is 0 Å². The van der Waals surface area contributed by atoms with E-state index in [1.54, 1.807) is 24.4 Å². The summed E-state index contributed by atoms with van der Waals surface area (Å²) in [6.45, 7) is 1.88. The van der Waals surface area contributed by atoms with Crippen LogP contribution in [0, 0.1) is 6.92 Å². The van der Waals surface area contributed by atoms with E-state index in [2.05, 4.69) is 0 Å². The number of aromatic hydroxyl groups is 1. The summed E-state index contributed by atoms with van der Waals surface area (Å²) in [5.74, 6) is -0.491. The van der Waals surface area contributed by atoms with E-state index in [0.29, 0.717) is 11.3 Å². The topological polar surface area (TPSA) is 54.3 Å². The van der Waals surface area contributed by atoms with E-state index in [1.165, 1.54) is 10.6 Å². The number of fused-ring (bicyclic) bond motifs is 1. The molecule has 1 heterocycles. The molecular weight excluding hydrogens is 242 g/mol. The molecular formula is C15H12NO3+. The van der Waals surface area contributed by atoms with Crippen molar-refractivity contribution < 1.29 is 14.1 Å². The molecule has 0 spiro atoms. The van der Waals surface area contributed by atoms with Crippen molar-refractivity contribution >= 4 is 11.0 Å². The summed E-state index contributed by atoms with van der Waals surface area (Å²) >= 11 is 0. The van der Waals surface area contributed by atoms with Gasteiger partial charge in [0, 0.05) is 6.07 Å². The van der Waals surface area contributed by atoms with E-state index < -0.39 is 5.76 Å². The van der Waals surface area contributed by atoms with Crippen molar-refractivity contribution in [3.63, 3.8) is 0 Å². The highest BCUT2D eigenvalue weighted by molar-refractivity contribution is 5.77. The SMILES string of the molecule is Cc1cccc2c[n+](-c3ccccc3O)c(=O)oc12. The first-order chi connectivity index (χ1) is 9.16. The highest BCUT2D eigenvalue weighted by Crippen LogP contribution is 2.17. The van der Waals surface area contributed by atoms with Gasteiger partial charge >= 0.3 is 5.76 Å². The number of aryl methyl sites for hydroxylation is 1. The van der Waals surface area contributed by atoms with Gasteiger partial charge in [-0.05, 0) is 24.6 Å². The Balaban J connectivity index is 2.35. The van der Waals surface area contributed by atoms with Crippen LogP contribution in [0.5, 0.6) is 5.75 Å². The normalized spacial score (nSPS) is 10.8. The number of aromatic nitrogens is 1. The largest absolute Gasteiger partial charge is 0.608 e. The van der Waals surface area contributed by atoms with Crippen molar-refractivity contribution in [2.24, 2.45) is 0 Å². The van der Waals surface area contributed by atoms with Gasteiger partial charge in [0.15, 0.2) is 17.5 Å². The Morgan fingerprint density at radius 3 is 2.68 bits per heavy atom. The predicted octanol–water partition coefficient (Wildman–Crippen LogP) is 2.08. The molecule has 0 amide bonds. The molecule has 2 aromatic carbocycles. The highest BCUT2D eigenvalue weighted by Gasteiger charge is 2.19. The second-order valence-electron chi connectivity index (χ2n) is 4.35. The molecule has 0 bridgehead atoms. The Kier molecular flexibility index (Phi) is 2.56. The third kappa shape index (κ3) is 1.87. The van der Waals surface area contributed by atoms with Crippen LogP contribution in [0.25, 0.3) is 16.7 Å². The first kappa shape index (κ1) is 11.5. The van der Waals surface area contributed by atoms with Gasteiger partial charge in [-0.3, -0.25) is 0 Å². The quantitative estimate of drug-likeness (QED) is 0.676. The summed E-state index contributed by atoms with van der Waals surface area (Å²) in [6, 6.07) is 12.3. The Morgan fingerprint density at radius 1 is 1.11 bits per heavy atom. The zero-order valence-corrected chi connectivity index (χ0v) is 10.3. The Morgan fingerprint density at radius 2 is 1.89 bits per heavy atom. The van der Waals surface area contributed by atoms with E-state index in [-0.39, 0.29) is 5.75 Å². The zero-order chi connectivity index (χ0) is 13.4. The molecule has 0 radical (unpaired) electrons. The average molecular weight is 254 g/mol. The third-order valence-electron chi connectivity index (χ3n) is 3.04. The fourth-order valence-corrected chi connectivity index (χ4v) is 2.08. The summed E-state index contributed by atoms with van der Waals surface area (Å²) < 4.78 is 6.63. The molecule has 3 aromatic rings. The van der Waals surface area contributed by atoms with Crippen LogP contribution in [0.4, 0.5) is 0 Å². The van der Waals surface area contributed by atoms with Crippen molar-refractivity contribution in [2.45, 2.75) is 6.92 Å². The van der Waals surface area contributed by atoms with E-state index in [1.807, 2.05) is 25.1 Å². The Bertz CT molecular complexity index is 821. The molecule has 1 aromatic heterocycles. The minimum atomic E-state index is -0.525. The zero-order valence-electron chi connectivity index (χ0n) is 10.3. The van der Waals surface area contributed by atoms with Crippen molar-refractivity contribution in [3.05, 3.63) is 64.8 Å². The molecule has 0 aliphatic rings. The number of phenols is 1. The summed E-state index contributed by atoms with van der Waals surface area (Å²) in [5, 5.41) is 10.6. The molecule has 94 valence electrons. The van der Waals surface area contributed by atoms with Crippen LogP contribution in [0.2, 0.25) is 0 Å². The van der Waals surface area contributed by atoms with Crippen LogP contribution >= 0.6 is 0 Å². The third-order valence-corrected chi connectivity index (χ3v) is 3.04. The van der Waals surface area contributed by atoms with Crippen molar-refractivity contribution in [2.75, 3.05) is 0 Å². The van der Waals surface area contributed by atoms with E-state index >= 15 is 0 Å². The van der Waals surface area contributed by atoms with Gasteiger partial charge in [0.25, 0.3) is 5.69 Å². The number of nitrogens with zero attached hydrogens (tertiary/aromatic N) is 1. The van der Waals surface area contributed by atoms with E-state index in [4.69, 9.17) is 4.42 Å². The molecule has 3 rings (SSSR count). The summed E-state index contributed by atoms with van der Waals surface area (Å²) in [7, 11) is 0. The van der Waals surface area contributed by atoms with Gasteiger partial charge < -0.3 is 9.52 Å². The summed E-state index contributed by atoms with van der Waals surface area (Å²) in [4.78, 5) is 12.0. The summed E-state index contributed by atoms with van der Waals surface area (Å²) in [5.41, 5.74) is 1.87. The lowest BCUT2D eigenvalue weighted by molar-refractivity contribution is -0.623. The molecule has 0 aliphatic heterocycles. The number of rotatable bonds is 1. The fourth-order valence-electron chi connectivity index (χ4n) is 2.08. The Labute approximate surface area is 109 Å². The minimum absolute atomic E-state index is 0.0341. The van der Waals surface area contributed by atoms with Gasteiger partial charge in [0.1, 0.15) is 0 Å². The van der Waals surface area contributed by atoms with Gasteiger partial charge in [0.05, 0.1) is 5.39 Å². The maximum absolute atomic E-state index is 12.0. The molecule has 1 N–H and O–H groups in total. The maximum atomic E-state index is 12.0. The number of hydrogen-bond donors (Lipinski definition) is 1. The Hall–Kier alpha value is -2.62. The van der Waals surface area contributed by atoms with Crippen LogP contribution in [0.15, 0.2) is 57.9 Å². The lowest BCUT2D eigenvalue weighted by Crippen LogP contribution is -2.46. The molecule has 0 saturated heterocycles. The molecule has 4 nitrogen and oxygen atoms in total. The molecule has 0 saturated carbocycles. The van der Waals surface area contributed by atoms with Crippen molar-refractivity contribution in [1.82, 2.24) is 0 Å². The van der Waals surface area contributed by atoms with Gasteiger partial charge in [-0.1, -0.05) is 28.8 Å². The van der Waals surface area contributed by atoms with Gasteiger partial charge in [-0.15, -0.1) is 0 Å². The second kappa shape index (κ2) is 4.24. The van der Waals surface area contributed by atoms with Gasteiger partial charge in [-0.2, -0.15) is 4.79 Å². The first-order valence-corrected chi connectivity index (χ1v) is 5.90. The monoisotopic (exact) mass is 254 g/mol. The van der Waals surface area contributed by atoms with Crippen LogP contribution < -0.4 is 10.3 Å². The van der Waals surface area contributed by atoms with Crippen LogP contribution in [0.3, 0.4) is 0 Å². The second-order valence-corrected chi connectivity index (χ2v) is 4.35. The molecule has 19 heavy (non-hydrogen) atoms. The van der Waals surface area contributed by atoms with Crippen molar-refractivity contribution in [3.8, 4) is 11.4 Å². The molecule has 0 atom stereocenters. The number of hydrogen-bond acceptors (Lipinski definition) is 3. The fraction of sp³-hybridized carbons (Fsp3) is 0.0667. The standard InChI is InChI=1S/C15H11NO3/c1-10-5-4-6-11-9-16(15(18)19-14(10)11)12-7-2-3-8-13(12)17/h2-9H,1H3/p+1. The number of benzene rings is 2. The van der Waals surface area contributed by atoms with Crippen LogP contribution in [0.1, 0.15) is 5.56 Å². The van der Waals surface area contributed by atoms with Gasteiger partial charge in [0.2, 0.25) is 0 Å². The molecule has 0 fully saturated rings. The lowest BCUT2D eigenvalue weighted by atomic mass is 10.2. The minimum Gasteiger partial charge on any atom is -0.502 e. The number of para-hydroxylation sites is 3. The molecule has 0 aliphatic carbocycles. The molecule has 0 unspecified atom stereocenters. The number of phenolic OH excluding ortho intramolecular Hbond substituents is 1. The first-order valence-electron chi connectivity index (χ1n) is 5.90. The van der Waals surface area contributed by atoms with Crippen LogP contribution in [-0.2, 0) is 0 Å². The van der Waals surface area contributed by atoms with Crippen LogP contribution in [-0.4, -0.2) is 5.11 Å². The van der Waals surface area contributed by atoms with Crippen molar-refractivity contribution in [1.29, 1.82) is 0 Å². The molecule has 4 heteroatoms. The summed E-state index contributed by atoms with van der Waals surface area (Å²) in [6.07, 6.45) is 1.67. The predicted molar refractivity (Wildman–Crippen MR) is 70.4 cm³/mol. The average Bonchev–Trinajstić information content (AvgIpc) is 2.40. The van der Waals surface area contributed by atoms with E-state index in [0.717, 1.165) is 10.9 Å². The van der Waals surface area contributed by atoms with E-state index in [9.17, 15) is 9.90 Å². The smallest absolute Gasteiger partial charge is 0.502 e. The lowest BCUT2D eigenvalue weighted by Gasteiger charge is -2.00.